The third kappa shape index (κ3) is 4.98. The molecule has 0 heterocycles. The van der Waals surface area contributed by atoms with Crippen LogP contribution in [0.5, 0.6) is 0 Å². The molecule has 1 unspecified atom stereocenters. The molecule has 0 radical (unpaired) electrons. The van der Waals surface area contributed by atoms with Gasteiger partial charge in [-0.1, -0.05) is 36.4 Å². The van der Waals surface area contributed by atoms with Crippen molar-refractivity contribution >= 4 is 17.4 Å². The van der Waals surface area contributed by atoms with E-state index in [1.54, 1.807) is 18.9 Å². The summed E-state index contributed by atoms with van der Waals surface area (Å²) in [5.74, 6) is 0. The first-order valence-corrected chi connectivity index (χ1v) is 7.23. The molecular formula is C15H21NOS. The Balaban J connectivity index is 2.56. The van der Waals surface area contributed by atoms with Crippen LogP contribution in [0.25, 0.3) is 0 Å². The van der Waals surface area contributed by atoms with Crippen LogP contribution >= 0.6 is 11.8 Å². The first kappa shape index (κ1) is 14.9. The number of nitrogens with one attached hydrogen (secondary N) is 1. The van der Waals surface area contributed by atoms with Crippen LogP contribution in [0.4, 0.5) is 5.69 Å². The van der Waals surface area contributed by atoms with Crippen molar-refractivity contribution in [3.63, 3.8) is 0 Å². The molecule has 0 aliphatic heterocycles. The molecule has 0 saturated heterocycles. The molecule has 1 atom stereocenters. The predicted octanol–water partition coefficient (Wildman–Crippen LogP) is 3.97. The molecule has 0 aliphatic carbocycles. The van der Waals surface area contributed by atoms with E-state index in [0.717, 1.165) is 12.2 Å². The Kier molecular flexibility index (Phi) is 7.30. The molecule has 98 valence electrons. The van der Waals surface area contributed by atoms with Crippen molar-refractivity contribution in [2.75, 3.05) is 25.2 Å². The highest BCUT2D eigenvalue weighted by molar-refractivity contribution is 7.98. The van der Waals surface area contributed by atoms with Crippen LogP contribution in [0.2, 0.25) is 0 Å². The van der Waals surface area contributed by atoms with Crippen LogP contribution < -0.4 is 5.32 Å². The molecule has 1 rings (SSSR count). The largest absolute Gasteiger partial charge is 0.381 e. The number of anilines is 1. The number of hydrogen-bond donors (Lipinski definition) is 1. The maximum absolute atomic E-state index is 5.40. The van der Waals surface area contributed by atoms with Crippen molar-refractivity contribution in [1.29, 1.82) is 0 Å². The highest BCUT2D eigenvalue weighted by Crippen LogP contribution is 2.24. The highest BCUT2D eigenvalue weighted by atomic mass is 32.2. The van der Waals surface area contributed by atoms with Crippen LogP contribution in [-0.4, -0.2) is 26.0 Å². The molecule has 1 aromatic rings. The fourth-order valence-electron chi connectivity index (χ4n) is 1.53. The normalized spacial score (nSPS) is 13.3. The molecule has 0 amide bonds. The van der Waals surface area contributed by atoms with Crippen LogP contribution in [0.3, 0.4) is 0 Å². The zero-order valence-electron chi connectivity index (χ0n) is 11.2. The maximum Gasteiger partial charge on any atom is 0.0927 e. The molecule has 0 bridgehead atoms. The molecule has 3 heteroatoms. The van der Waals surface area contributed by atoms with Gasteiger partial charge in [0.25, 0.3) is 0 Å². The highest BCUT2D eigenvalue weighted by Gasteiger charge is 2.04. The van der Waals surface area contributed by atoms with Gasteiger partial charge in [-0.3, -0.25) is 0 Å². The summed E-state index contributed by atoms with van der Waals surface area (Å²) in [6.45, 7) is 2.77. The van der Waals surface area contributed by atoms with Crippen molar-refractivity contribution in [3.05, 3.63) is 48.6 Å². The summed E-state index contributed by atoms with van der Waals surface area (Å²) < 4.78 is 5.40. The van der Waals surface area contributed by atoms with Crippen LogP contribution in [0, 0.1) is 0 Å². The molecule has 0 fully saturated rings. The van der Waals surface area contributed by atoms with Gasteiger partial charge in [0.1, 0.15) is 0 Å². The van der Waals surface area contributed by atoms with E-state index in [1.807, 2.05) is 31.2 Å². The number of hydrogen-bond acceptors (Lipinski definition) is 3. The third-order valence-electron chi connectivity index (χ3n) is 2.53. The summed E-state index contributed by atoms with van der Waals surface area (Å²) in [6.07, 6.45) is 10.2. The number of benzene rings is 1. The number of thioether (sulfide) groups is 1. The van der Waals surface area contributed by atoms with E-state index in [0.29, 0.717) is 0 Å². The van der Waals surface area contributed by atoms with Crippen molar-refractivity contribution in [3.8, 4) is 0 Å². The third-order valence-corrected chi connectivity index (χ3v) is 3.33. The van der Waals surface area contributed by atoms with Crippen molar-refractivity contribution < 1.29 is 4.74 Å². The second-order valence-electron chi connectivity index (χ2n) is 3.77. The molecule has 0 aliphatic rings. The standard InChI is InChI=1S/C15H21NOS/c1-4-5-6-9-13(17-2)12-16-14-10-7-8-11-15(14)18-3/h4-11,13,16H,12H2,1-3H3/b5-4-,9-6-. The zero-order chi connectivity index (χ0) is 13.2. The van der Waals surface area contributed by atoms with E-state index in [9.17, 15) is 0 Å². The lowest BCUT2D eigenvalue weighted by molar-refractivity contribution is 0.151. The summed E-state index contributed by atoms with van der Waals surface area (Å²) in [7, 11) is 1.73. The number of ether oxygens (including phenoxy) is 1. The second-order valence-corrected chi connectivity index (χ2v) is 4.61. The molecule has 0 saturated carbocycles. The average molecular weight is 263 g/mol. The van der Waals surface area contributed by atoms with Gasteiger partial charge < -0.3 is 10.1 Å². The fourth-order valence-corrected chi connectivity index (χ4v) is 2.11. The lowest BCUT2D eigenvalue weighted by atomic mass is 10.2. The van der Waals surface area contributed by atoms with Gasteiger partial charge in [-0.05, 0) is 25.3 Å². The summed E-state index contributed by atoms with van der Waals surface area (Å²) in [4.78, 5) is 1.25. The Bertz CT molecular complexity index is 401. The minimum absolute atomic E-state index is 0.0797. The van der Waals surface area contributed by atoms with Gasteiger partial charge in [-0.25, -0.2) is 0 Å². The Morgan fingerprint density at radius 3 is 2.78 bits per heavy atom. The van der Waals surface area contributed by atoms with E-state index in [2.05, 4.69) is 35.8 Å². The first-order chi connectivity index (χ1) is 8.81. The lowest BCUT2D eigenvalue weighted by Crippen LogP contribution is -2.19. The summed E-state index contributed by atoms with van der Waals surface area (Å²) in [6, 6.07) is 8.30. The van der Waals surface area contributed by atoms with Gasteiger partial charge in [0.2, 0.25) is 0 Å². The number of methoxy groups -OCH3 is 1. The summed E-state index contributed by atoms with van der Waals surface area (Å²) in [5, 5.41) is 3.42. The summed E-state index contributed by atoms with van der Waals surface area (Å²) in [5.41, 5.74) is 1.16. The molecular weight excluding hydrogens is 242 g/mol. The van der Waals surface area contributed by atoms with Crippen LogP contribution in [0.15, 0.2) is 53.5 Å². The second kappa shape index (κ2) is 8.84. The Morgan fingerprint density at radius 2 is 2.11 bits per heavy atom. The first-order valence-electron chi connectivity index (χ1n) is 6.01. The van der Waals surface area contributed by atoms with Gasteiger partial charge in [-0.15, -0.1) is 11.8 Å². The van der Waals surface area contributed by atoms with Gasteiger partial charge in [0.05, 0.1) is 6.10 Å². The van der Waals surface area contributed by atoms with Crippen molar-refractivity contribution in [1.82, 2.24) is 0 Å². The fraction of sp³-hybridized carbons (Fsp3) is 0.333. The Morgan fingerprint density at radius 1 is 1.33 bits per heavy atom. The van der Waals surface area contributed by atoms with E-state index in [-0.39, 0.29) is 6.10 Å². The SMILES string of the molecule is C/C=C\C=C/C(CNc1ccccc1SC)OC. The van der Waals surface area contributed by atoms with Crippen LogP contribution in [-0.2, 0) is 4.74 Å². The van der Waals surface area contributed by atoms with Gasteiger partial charge in [0.15, 0.2) is 0 Å². The molecule has 0 spiro atoms. The van der Waals surface area contributed by atoms with E-state index in [4.69, 9.17) is 4.74 Å². The maximum atomic E-state index is 5.40. The van der Waals surface area contributed by atoms with Gasteiger partial charge in [-0.2, -0.15) is 0 Å². The number of para-hydroxylation sites is 1. The smallest absolute Gasteiger partial charge is 0.0927 e. The van der Waals surface area contributed by atoms with E-state index in [1.165, 1.54) is 4.90 Å². The molecule has 1 N–H and O–H groups in total. The molecule has 0 aromatic heterocycles. The Hall–Kier alpha value is -1.19. The van der Waals surface area contributed by atoms with Gasteiger partial charge in [0, 0.05) is 24.2 Å². The zero-order valence-corrected chi connectivity index (χ0v) is 12.0. The van der Waals surface area contributed by atoms with Gasteiger partial charge >= 0.3 is 0 Å². The minimum Gasteiger partial charge on any atom is -0.381 e. The quantitative estimate of drug-likeness (QED) is 0.594. The number of rotatable bonds is 7. The lowest BCUT2D eigenvalue weighted by Gasteiger charge is -2.15. The van der Waals surface area contributed by atoms with E-state index >= 15 is 0 Å². The minimum atomic E-state index is 0.0797. The van der Waals surface area contributed by atoms with E-state index < -0.39 is 0 Å². The van der Waals surface area contributed by atoms with Crippen molar-refractivity contribution in [2.45, 2.75) is 17.9 Å². The monoisotopic (exact) mass is 263 g/mol. The Labute approximate surface area is 114 Å². The number of allylic oxidation sites excluding steroid dienone is 3. The van der Waals surface area contributed by atoms with Crippen LogP contribution in [0.1, 0.15) is 6.92 Å². The molecule has 2 nitrogen and oxygen atoms in total. The average Bonchev–Trinajstić information content (AvgIpc) is 2.43. The molecule has 18 heavy (non-hydrogen) atoms. The predicted molar refractivity (Wildman–Crippen MR) is 81.5 cm³/mol. The van der Waals surface area contributed by atoms with Crippen molar-refractivity contribution in [2.24, 2.45) is 0 Å². The topological polar surface area (TPSA) is 21.3 Å². The summed E-state index contributed by atoms with van der Waals surface area (Å²) >= 11 is 1.74. The molecule has 1 aromatic carbocycles.